The van der Waals surface area contributed by atoms with Gasteiger partial charge in [0.05, 0.1) is 5.56 Å². The van der Waals surface area contributed by atoms with Crippen LogP contribution in [0.5, 0.6) is 0 Å². The van der Waals surface area contributed by atoms with Gasteiger partial charge in [-0.05, 0) is 40.8 Å². The summed E-state index contributed by atoms with van der Waals surface area (Å²) in [7, 11) is 0. The molecule has 92 valence electrons. The quantitative estimate of drug-likeness (QED) is 0.668. The third-order valence-electron chi connectivity index (χ3n) is 2.82. The summed E-state index contributed by atoms with van der Waals surface area (Å²) in [6, 6.07) is 1.69. The third kappa shape index (κ3) is 3.96. The van der Waals surface area contributed by atoms with Crippen molar-refractivity contribution in [1.82, 2.24) is 10.3 Å². The van der Waals surface area contributed by atoms with Gasteiger partial charge in [0.25, 0.3) is 5.91 Å². The molecule has 1 heterocycles. The highest BCUT2D eigenvalue weighted by Crippen LogP contribution is 2.33. The maximum atomic E-state index is 11.8. The maximum Gasteiger partial charge on any atom is 0.254 e. The van der Waals surface area contributed by atoms with Crippen molar-refractivity contribution in [3.05, 3.63) is 27.5 Å². The number of nitrogens with zero attached hydrogens (tertiary/aromatic N) is 1. The number of halogens is 2. The van der Waals surface area contributed by atoms with E-state index in [0.717, 1.165) is 16.8 Å². The molecule has 3 nitrogen and oxygen atoms in total. The topological polar surface area (TPSA) is 42.0 Å². The average molecular weight is 318 g/mol. The molecule has 0 spiro atoms. The number of carbonyl (C=O) groups excluding carboxylic acids is 1. The van der Waals surface area contributed by atoms with Crippen molar-refractivity contribution in [3.8, 4) is 0 Å². The second-order valence-electron chi connectivity index (χ2n) is 4.33. The summed E-state index contributed by atoms with van der Waals surface area (Å²) in [5, 5.41) is 3.11. The van der Waals surface area contributed by atoms with Crippen molar-refractivity contribution in [3.63, 3.8) is 0 Å². The molecule has 0 saturated heterocycles. The molecule has 1 aliphatic carbocycles. The van der Waals surface area contributed by atoms with Crippen LogP contribution in [-0.2, 0) is 0 Å². The van der Waals surface area contributed by atoms with Gasteiger partial charge < -0.3 is 5.32 Å². The minimum atomic E-state index is -0.153. The van der Waals surface area contributed by atoms with E-state index in [0.29, 0.717) is 12.1 Å². The monoisotopic (exact) mass is 316 g/mol. The fourth-order valence-electron chi connectivity index (χ4n) is 1.68. The zero-order chi connectivity index (χ0) is 12.3. The van der Waals surface area contributed by atoms with Crippen LogP contribution in [0, 0.1) is 5.92 Å². The van der Waals surface area contributed by atoms with Crippen LogP contribution >= 0.6 is 27.5 Å². The van der Waals surface area contributed by atoms with Crippen LogP contribution < -0.4 is 5.32 Å². The zero-order valence-corrected chi connectivity index (χ0v) is 11.7. The second kappa shape index (κ2) is 5.83. The number of nitrogens with one attached hydrogen (secondary N) is 1. The molecule has 2 rings (SSSR count). The number of carbonyl (C=O) groups is 1. The predicted molar refractivity (Wildman–Crippen MR) is 71.2 cm³/mol. The Balaban J connectivity index is 1.82. The molecule has 1 aromatic rings. The summed E-state index contributed by atoms with van der Waals surface area (Å²) in [5.74, 6) is 0.752. The standard InChI is InChI=1S/C12H14BrClN2O/c13-9-6-10(11(14)16-7-9)12(17)15-5-1-2-8-3-4-8/h6-8H,1-5H2,(H,15,17). The van der Waals surface area contributed by atoms with Crippen LogP contribution in [0.3, 0.4) is 0 Å². The SMILES string of the molecule is O=C(NCCCC1CC1)c1cc(Br)cnc1Cl. The van der Waals surface area contributed by atoms with Crippen LogP contribution in [0.15, 0.2) is 16.7 Å². The molecule has 5 heteroatoms. The molecule has 1 aromatic heterocycles. The highest BCUT2D eigenvalue weighted by molar-refractivity contribution is 9.10. The number of hydrogen-bond donors (Lipinski definition) is 1. The van der Waals surface area contributed by atoms with E-state index in [4.69, 9.17) is 11.6 Å². The lowest BCUT2D eigenvalue weighted by atomic mass is 10.2. The molecule has 1 N–H and O–H groups in total. The van der Waals surface area contributed by atoms with Crippen molar-refractivity contribution in [2.24, 2.45) is 5.92 Å². The van der Waals surface area contributed by atoms with Gasteiger partial charge in [-0.25, -0.2) is 4.98 Å². The molecule has 0 bridgehead atoms. The van der Waals surface area contributed by atoms with E-state index >= 15 is 0 Å². The molecule has 0 atom stereocenters. The lowest BCUT2D eigenvalue weighted by Crippen LogP contribution is -2.25. The van der Waals surface area contributed by atoms with E-state index < -0.39 is 0 Å². The summed E-state index contributed by atoms with van der Waals surface area (Å²) >= 11 is 9.14. The Kier molecular flexibility index (Phi) is 4.40. The summed E-state index contributed by atoms with van der Waals surface area (Å²) < 4.78 is 0.755. The van der Waals surface area contributed by atoms with Crippen molar-refractivity contribution < 1.29 is 4.79 Å². The van der Waals surface area contributed by atoms with E-state index in [1.807, 2.05) is 0 Å². The van der Waals surface area contributed by atoms with Crippen LogP contribution in [-0.4, -0.2) is 17.4 Å². The van der Waals surface area contributed by atoms with Crippen LogP contribution in [0.2, 0.25) is 5.15 Å². The number of amides is 1. The first-order chi connectivity index (χ1) is 8.16. The smallest absolute Gasteiger partial charge is 0.254 e. The van der Waals surface area contributed by atoms with Gasteiger partial charge in [-0.15, -0.1) is 0 Å². The number of hydrogen-bond acceptors (Lipinski definition) is 2. The Morgan fingerprint density at radius 2 is 2.35 bits per heavy atom. The van der Waals surface area contributed by atoms with Gasteiger partial charge in [0, 0.05) is 17.2 Å². The Morgan fingerprint density at radius 3 is 3.06 bits per heavy atom. The zero-order valence-electron chi connectivity index (χ0n) is 9.38. The molecule has 17 heavy (non-hydrogen) atoms. The van der Waals surface area contributed by atoms with Crippen LogP contribution in [0.25, 0.3) is 0 Å². The fourth-order valence-corrected chi connectivity index (χ4v) is 2.20. The largest absolute Gasteiger partial charge is 0.352 e. The van der Waals surface area contributed by atoms with E-state index in [9.17, 15) is 4.79 Å². The van der Waals surface area contributed by atoms with E-state index in [1.165, 1.54) is 19.3 Å². The van der Waals surface area contributed by atoms with Crippen molar-refractivity contribution in [1.29, 1.82) is 0 Å². The van der Waals surface area contributed by atoms with Gasteiger partial charge >= 0.3 is 0 Å². The minimum absolute atomic E-state index is 0.153. The summed E-state index contributed by atoms with van der Waals surface area (Å²) in [6.45, 7) is 0.707. The number of rotatable bonds is 5. The Labute approximate surface area is 114 Å². The normalized spacial score (nSPS) is 14.7. The molecule has 1 aliphatic rings. The van der Waals surface area contributed by atoms with E-state index in [1.54, 1.807) is 12.3 Å². The summed E-state index contributed by atoms with van der Waals surface area (Å²) in [6.07, 6.45) is 6.54. The number of aromatic nitrogens is 1. The highest BCUT2D eigenvalue weighted by Gasteiger charge is 2.20. The minimum Gasteiger partial charge on any atom is -0.352 e. The first-order valence-electron chi connectivity index (χ1n) is 5.76. The van der Waals surface area contributed by atoms with E-state index in [2.05, 4.69) is 26.2 Å². The van der Waals surface area contributed by atoms with Gasteiger partial charge in [-0.2, -0.15) is 0 Å². The molecule has 1 amide bonds. The van der Waals surface area contributed by atoms with Crippen LogP contribution in [0.1, 0.15) is 36.0 Å². The Hall–Kier alpha value is -0.610. The lowest BCUT2D eigenvalue weighted by molar-refractivity contribution is 0.0952. The fraction of sp³-hybridized carbons (Fsp3) is 0.500. The molecule has 0 radical (unpaired) electrons. The molecule has 0 unspecified atom stereocenters. The van der Waals surface area contributed by atoms with Gasteiger partial charge in [0.1, 0.15) is 5.15 Å². The van der Waals surface area contributed by atoms with Gasteiger partial charge in [-0.3, -0.25) is 4.79 Å². The molecular formula is C12H14BrClN2O. The highest BCUT2D eigenvalue weighted by atomic mass is 79.9. The van der Waals surface area contributed by atoms with Crippen molar-refractivity contribution in [2.45, 2.75) is 25.7 Å². The molecule has 1 saturated carbocycles. The summed E-state index contributed by atoms with van der Waals surface area (Å²) in [4.78, 5) is 15.7. The molecule has 0 aliphatic heterocycles. The predicted octanol–water partition coefficient (Wildman–Crippen LogP) is 3.42. The number of pyridine rings is 1. The lowest BCUT2D eigenvalue weighted by Gasteiger charge is -2.06. The van der Waals surface area contributed by atoms with Crippen molar-refractivity contribution in [2.75, 3.05) is 6.54 Å². The molecule has 1 fully saturated rings. The van der Waals surface area contributed by atoms with Gasteiger partial charge in [0.15, 0.2) is 0 Å². The average Bonchev–Trinajstić information content (AvgIpc) is 3.11. The van der Waals surface area contributed by atoms with Gasteiger partial charge in [-0.1, -0.05) is 24.4 Å². The first-order valence-corrected chi connectivity index (χ1v) is 6.93. The first kappa shape index (κ1) is 12.8. The van der Waals surface area contributed by atoms with Crippen molar-refractivity contribution >= 4 is 33.4 Å². The summed E-state index contributed by atoms with van der Waals surface area (Å²) in [5.41, 5.74) is 0.424. The molecule has 0 aromatic carbocycles. The van der Waals surface area contributed by atoms with E-state index in [-0.39, 0.29) is 11.1 Å². The Bertz CT molecular complexity index is 421. The maximum absolute atomic E-state index is 11.8. The second-order valence-corrected chi connectivity index (χ2v) is 5.61. The van der Waals surface area contributed by atoms with Crippen LogP contribution in [0.4, 0.5) is 0 Å². The molecular weight excluding hydrogens is 304 g/mol. The third-order valence-corrected chi connectivity index (χ3v) is 3.56. The Morgan fingerprint density at radius 1 is 1.59 bits per heavy atom. The van der Waals surface area contributed by atoms with Gasteiger partial charge in [0.2, 0.25) is 0 Å².